The number of hydrogen-bond donors (Lipinski definition) is 0. The van der Waals surface area contributed by atoms with Gasteiger partial charge in [-0.2, -0.15) is 10.1 Å². The monoisotopic (exact) mass is 453 g/mol. The van der Waals surface area contributed by atoms with E-state index >= 15 is 0 Å². The molecule has 0 spiro atoms. The number of ether oxygens (including phenoxy) is 3. The Balaban J connectivity index is 1.45. The Bertz CT molecular complexity index is 1280. The van der Waals surface area contributed by atoms with Gasteiger partial charge in [0.15, 0.2) is 5.65 Å². The summed E-state index contributed by atoms with van der Waals surface area (Å²) < 4.78 is 42.1. The Labute approximate surface area is 188 Å². The van der Waals surface area contributed by atoms with Crippen molar-refractivity contribution in [3.63, 3.8) is 0 Å². The molecule has 1 unspecified atom stereocenters. The van der Waals surface area contributed by atoms with Crippen LogP contribution in [0.1, 0.15) is 29.4 Å². The van der Waals surface area contributed by atoms with E-state index in [0.29, 0.717) is 28.8 Å². The average Bonchev–Trinajstić information content (AvgIpc) is 3.49. The van der Waals surface area contributed by atoms with E-state index in [2.05, 4.69) is 20.1 Å². The van der Waals surface area contributed by atoms with Gasteiger partial charge in [-0.3, -0.25) is 0 Å². The van der Waals surface area contributed by atoms with Gasteiger partial charge in [0.1, 0.15) is 12.4 Å². The molecule has 0 saturated heterocycles. The minimum absolute atomic E-state index is 0.211. The van der Waals surface area contributed by atoms with Crippen molar-refractivity contribution in [3.8, 4) is 28.9 Å². The maximum Gasteiger partial charge on any atom is 0.319 e. The second-order valence-corrected chi connectivity index (χ2v) is 7.68. The summed E-state index contributed by atoms with van der Waals surface area (Å²) in [6, 6.07) is 9.53. The van der Waals surface area contributed by atoms with Gasteiger partial charge < -0.3 is 14.2 Å². The normalized spacial score (nSPS) is 17.4. The van der Waals surface area contributed by atoms with Crippen LogP contribution in [-0.4, -0.2) is 51.8 Å². The number of aromatic nitrogens is 5. The molecule has 170 valence electrons. The molecule has 0 aliphatic heterocycles. The van der Waals surface area contributed by atoms with Crippen LogP contribution in [0.2, 0.25) is 0 Å². The highest BCUT2D eigenvalue weighted by atomic mass is 19.3. The van der Waals surface area contributed by atoms with Crippen molar-refractivity contribution in [3.05, 3.63) is 60.0 Å². The molecule has 0 N–H and O–H groups in total. The van der Waals surface area contributed by atoms with Crippen LogP contribution < -0.4 is 14.2 Å². The largest absolute Gasteiger partial charge is 0.488 e. The molecular weight excluding hydrogens is 432 g/mol. The van der Waals surface area contributed by atoms with Gasteiger partial charge in [0, 0.05) is 24.2 Å². The first-order chi connectivity index (χ1) is 16.1. The van der Waals surface area contributed by atoms with E-state index < -0.39 is 13.0 Å². The summed E-state index contributed by atoms with van der Waals surface area (Å²) in [5.74, 6) is 1.34. The lowest BCUT2D eigenvalue weighted by atomic mass is 10.0. The van der Waals surface area contributed by atoms with Gasteiger partial charge >= 0.3 is 6.01 Å². The van der Waals surface area contributed by atoms with E-state index in [1.807, 2.05) is 18.2 Å². The summed E-state index contributed by atoms with van der Waals surface area (Å²) >= 11 is 0. The van der Waals surface area contributed by atoms with E-state index in [1.54, 1.807) is 35.2 Å². The molecule has 10 heteroatoms. The zero-order chi connectivity index (χ0) is 22.9. The predicted octanol–water partition coefficient (Wildman–Crippen LogP) is 4.12. The topological polar surface area (TPSA) is 83.7 Å². The molecule has 8 nitrogen and oxygen atoms in total. The minimum atomic E-state index is -2.50. The molecule has 1 saturated carbocycles. The Hall–Kier alpha value is -3.82. The van der Waals surface area contributed by atoms with Gasteiger partial charge in [-0.1, -0.05) is 12.1 Å². The fraction of sp³-hybridized carbons (Fsp3) is 0.304. The molecule has 2 atom stereocenters. The second kappa shape index (κ2) is 8.61. The first-order valence-electron chi connectivity index (χ1n) is 10.4. The third-order valence-corrected chi connectivity index (χ3v) is 5.65. The molecule has 4 aromatic rings. The third-order valence-electron chi connectivity index (χ3n) is 5.65. The Morgan fingerprint density at radius 3 is 2.64 bits per heavy atom. The number of methoxy groups -OCH3 is 2. The summed E-state index contributed by atoms with van der Waals surface area (Å²) in [6.45, 7) is -0.610. The summed E-state index contributed by atoms with van der Waals surface area (Å²) in [5, 5.41) is 4.66. The molecule has 3 heterocycles. The van der Waals surface area contributed by atoms with Crippen LogP contribution >= 0.6 is 0 Å². The Kier molecular flexibility index (Phi) is 5.49. The molecular formula is C23H21F2N5O3. The molecule has 0 radical (unpaired) electrons. The Morgan fingerprint density at radius 2 is 1.91 bits per heavy atom. The van der Waals surface area contributed by atoms with E-state index in [1.165, 1.54) is 14.2 Å². The molecule has 1 aliphatic carbocycles. The van der Waals surface area contributed by atoms with Gasteiger partial charge in [-0.15, -0.1) is 0 Å². The maximum atomic E-state index is 12.4. The van der Waals surface area contributed by atoms with E-state index in [4.69, 9.17) is 14.2 Å². The fourth-order valence-electron chi connectivity index (χ4n) is 4.00. The number of fused-ring (bicyclic) bond motifs is 1. The van der Waals surface area contributed by atoms with E-state index in [-0.39, 0.29) is 11.9 Å². The number of nitrogens with zero attached hydrogens (tertiary/aromatic N) is 5. The van der Waals surface area contributed by atoms with Crippen molar-refractivity contribution < 1.29 is 23.0 Å². The molecule has 0 amide bonds. The SMILES string of the molecule is COc1ncc(-c2cc(C3C[C@@H]3c3ccc(OCC(F)F)cc3)c3nccn3n2)c(OC)n1. The van der Waals surface area contributed by atoms with Gasteiger partial charge in [0.2, 0.25) is 5.88 Å². The minimum Gasteiger partial charge on any atom is -0.488 e. The first-order valence-corrected chi connectivity index (χ1v) is 10.4. The summed E-state index contributed by atoms with van der Waals surface area (Å²) in [5.41, 5.74) is 4.28. The van der Waals surface area contributed by atoms with Crippen LogP contribution in [0.4, 0.5) is 8.78 Å². The van der Waals surface area contributed by atoms with Crippen molar-refractivity contribution in [1.82, 2.24) is 24.6 Å². The van der Waals surface area contributed by atoms with Crippen molar-refractivity contribution >= 4 is 5.65 Å². The molecule has 0 bridgehead atoms. The highest BCUT2D eigenvalue weighted by molar-refractivity contribution is 5.68. The van der Waals surface area contributed by atoms with Crippen LogP contribution in [0.3, 0.4) is 0 Å². The molecule has 3 aromatic heterocycles. The average molecular weight is 453 g/mol. The van der Waals surface area contributed by atoms with E-state index in [0.717, 1.165) is 23.2 Å². The van der Waals surface area contributed by atoms with Crippen LogP contribution in [0.25, 0.3) is 16.9 Å². The lowest BCUT2D eigenvalue weighted by molar-refractivity contribution is 0.0819. The van der Waals surface area contributed by atoms with Crippen molar-refractivity contribution in [1.29, 1.82) is 0 Å². The zero-order valence-electron chi connectivity index (χ0n) is 18.0. The van der Waals surface area contributed by atoms with Crippen molar-refractivity contribution in [2.75, 3.05) is 20.8 Å². The molecule has 1 aliphatic rings. The Morgan fingerprint density at radius 1 is 1.09 bits per heavy atom. The van der Waals surface area contributed by atoms with E-state index in [9.17, 15) is 8.78 Å². The fourth-order valence-corrected chi connectivity index (χ4v) is 4.00. The van der Waals surface area contributed by atoms with Gasteiger partial charge in [0.05, 0.1) is 25.5 Å². The molecule has 33 heavy (non-hydrogen) atoms. The third kappa shape index (κ3) is 4.15. The molecule has 1 fully saturated rings. The van der Waals surface area contributed by atoms with Crippen LogP contribution in [-0.2, 0) is 0 Å². The highest BCUT2D eigenvalue weighted by Crippen LogP contribution is 2.55. The summed E-state index contributed by atoms with van der Waals surface area (Å²) in [6.07, 6.45) is 3.59. The number of alkyl halides is 2. The molecule has 5 rings (SSSR count). The molecule has 1 aromatic carbocycles. The smallest absolute Gasteiger partial charge is 0.319 e. The van der Waals surface area contributed by atoms with Crippen LogP contribution in [0, 0.1) is 0 Å². The van der Waals surface area contributed by atoms with Crippen LogP contribution in [0.5, 0.6) is 17.6 Å². The lowest BCUT2D eigenvalue weighted by Gasteiger charge is -2.11. The zero-order valence-corrected chi connectivity index (χ0v) is 18.0. The van der Waals surface area contributed by atoms with Gasteiger partial charge in [-0.25, -0.2) is 23.3 Å². The van der Waals surface area contributed by atoms with Gasteiger partial charge in [-0.05, 0) is 42.0 Å². The van der Waals surface area contributed by atoms with Crippen molar-refractivity contribution in [2.45, 2.75) is 24.7 Å². The van der Waals surface area contributed by atoms with Crippen molar-refractivity contribution in [2.24, 2.45) is 0 Å². The summed E-state index contributed by atoms with van der Waals surface area (Å²) in [4.78, 5) is 13.0. The van der Waals surface area contributed by atoms with Crippen LogP contribution in [0.15, 0.2) is 48.9 Å². The lowest BCUT2D eigenvalue weighted by Crippen LogP contribution is -2.06. The quantitative estimate of drug-likeness (QED) is 0.397. The number of imidazole rings is 1. The maximum absolute atomic E-state index is 12.4. The van der Waals surface area contributed by atoms with Gasteiger partial charge in [0.25, 0.3) is 6.43 Å². The predicted molar refractivity (Wildman–Crippen MR) is 115 cm³/mol. The summed E-state index contributed by atoms with van der Waals surface area (Å²) in [7, 11) is 3.03. The number of halogens is 2. The number of hydrogen-bond acceptors (Lipinski definition) is 7. The first kappa shape index (κ1) is 21.0. The number of benzene rings is 1. The number of rotatable bonds is 8. The standard InChI is InChI=1S/C23H21F2N5O3/c1-31-22-18(11-27-23(28-22)32-2)19-10-17(21-26-7-8-30(21)29-19)16-9-15(16)13-3-5-14(6-4-13)33-12-20(24)25/h3-8,10-11,15-16,20H,9,12H2,1-2H3/t15-,16?/m1/s1. The highest BCUT2D eigenvalue weighted by Gasteiger charge is 2.41. The second-order valence-electron chi connectivity index (χ2n) is 7.68.